The van der Waals surface area contributed by atoms with Crippen molar-refractivity contribution in [3.05, 3.63) is 35.9 Å². The molecule has 0 aliphatic carbocycles. The van der Waals surface area contributed by atoms with Gasteiger partial charge in [-0.1, -0.05) is 44.2 Å². The molecule has 0 radical (unpaired) electrons. The molecule has 0 heterocycles. The van der Waals surface area contributed by atoms with Gasteiger partial charge in [0.1, 0.15) is 6.04 Å². The molecule has 3 atom stereocenters. The van der Waals surface area contributed by atoms with Gasteiger partial charge in [0, 0.05) is 0 Å². The monoisotopic (exact) mass is 342 g/mol. The number of carboxylic acids is 1. The van der Waals surface area contributed by atoms with Crippen LogP contribution in [0.2, 0.25) is 0 Å². The van der Waals surface area contributed by atoms with E-state index >= 15 is 0 Å². The number of rotatable bonds is 10. The summed E-state index contributed by atoms with van der Waals surface area (Å²) in [7, 11) is -3.65. The summed E-state index contributed by atoms with van der Waals surface area (Å²) in [5.41, 5.74) is 6.92. The van der Waals surface area contributed by atoms with Gasteiger partial charge in [-0.05, 0) is 30.7 Å². The highest BCUT2D eigenvalue weighted by Crippen LogP contribution is 2.44. The Hall–Kier alpha value is -1.20. The van der Waals surface area contributed by atoms with E-state index in [1.165, 1.54) is 0 Å². The van der Waals surface area contributed by atoms with Crippen LogP contribution in [0.3, 0.4) is 0 Å². The lowest BCUT2D eigenvalue weighted by atomic mass is 10.0. The molecule has 0 aliphatic rings. The van der Waals surface area contributed by atoms with Crippen LogP contribution in [0.15, 0.2) is 30.3 Å². The molecule has 0 fully saturated rings. The third kappa shape index (κ3) is 7.27. The first-order valence-electron chi connectivity index (χ1n) is 7.79. The molecule has 0 saturated heterocycles. The van der Waals surface area contributed by atoms with Crippen LogP contribution in [-0.2, 0) is 15.8 Å². The third-order valence-electron chi connectivity index (χ3n) is 3.66. The number of benzene rings is 1. The van der Waals surface area contributed by atoms with Gasteiger partial charge in [0.2, 0.25) is 7.37 Å². The highest BCUT2D eigenvalue weighted by molar-refractivity contribution is 7.58. The zero-order chi connectivity index (χ0) is 17.5. The lowest BCUT2D eigenvalue weighted by Gasteiger charge is -2.23. The fourth-order valence-corrected chi connectivity index (χ4v) is 3.51. The lowest BCUT2D eigenvalue weighted by Crippen LogP contribution is -2.39. The Bertz CT molecular complexity index is 536. The number of aliphatic carboxylic acids is 1. The number of nitrogens with one attached hydrogen (secondary N) is 1. The zero-order valence-corrected chi connectivity index (χ0v) is 14.6. The molecule has 0 spiro atoms. The van der Waals surface area contributed by atoms with Crippen LogP contribution in [-0.4, -0.2) is 34.1 Å². The van der Waals surface area contributed by atoms with E-state index in [0.717, 1.165) is 5.56 Å². The second kappa shape index (κ2) is 9.18. The van der Waals surface area contributed by atoms with Gasteiger partial charge in [0.05, 0.1) is 12.1 Å². The van der Waals surface area contributed by atoms with Crippen molar-refractivity contribution >= 4 is 13.3 Å². The maximum Gasteiger partial charge on any atom is 0.320 e. The van der Waals surface area contributed by atoms with Crippen molar-refractivity contribution in [3.63, 3.8) is 0 Å². The number of carbonyl (C=O) groups is 1. The van der Waals surface area contributed by atoms with E-state index in [-0.39, 0.29) is 12.2 Å². The van der Waals surface area contributed by atoms with Crippen molar-refractivity contribution in [1.29, 1.82) is 0 Å². The summed E-state index contributed by atoms with van der Waals surface area (Å²) in [5.74, 6) is -1.71. The molecular weight excluding hydrogens is 315 g/mol. The molecule has 6 nitrogen and oxygen atoms in total. The van der Waals surface area contributed by atoms with Crippen LogP contribution in [0.1, 0.15) is 32.3 Å². The quantitative estimate of drug-likeness (QED) is 0.485. The molecule has 0 amide bonds. The van der Waals surface area contributed by atoms with Crippen LogP contribution >= 0.6 is 7.37 Å². The zero-order valence-electron chi connectivity index (χ0n) is 13.7. The summed E-state index contributed by atoms with van der Waals surface area (Å²) >= 11 is 0. The highest BCUT2D eigenvalue weighted by Gasteiger charge is 2.29. The summed E-state index contributed by atoms with van der Waals surface area (Å²) in [6.45, 7) is 3.81. The van der Waals surface area contributed by atoms with Crippen molar-refractivity contribution in [2.75, 3.05) is 6.29 Å². The van der Waals surface area contributed by atoms with E-state index in [9.17, 15) is 14.3 Å². The SMILES string of the molecule is CC(C)C[C@H](NCP(=O)(O)C(N)CCc1ccccc1)C(=O)O. The van der Waals surface area contributed by atoms with Gasteiger partial charge in [-0.15, -0.1) is 0 Å². The Labute approximate surface area is 137 Å². The largest absolute Gasteiger partial charge is 0.480 e. The summed E-state index contributed by atoms with van der Waals surface area (Å²) in [4.78, 5) is 21.3. The van der Waals surface area contributed by atoms with Crippen LogP contribution in [0.4, 0.5) is 0 Å². The lowest BCUT2D eigenvalue weighted by molar-refractivity contribution is -0.139. The maximum absolute atomic E-state index is 12.3. The summed E-state index contributed by atoms with van der Waals surface area (Å²) in [6, 6.07) is 8.77. The number of hydrogen-bond donors (Lipinski definition) is 4. The van der Waals surface area contributed by atoms with Crippen molar-refractivity contribution in [2.45, 2.75) is 44.9 Å². The first-order chi connectivity index (χ1) is 10.7. The smallest absolute Gasteiger partial charge is 0.320 e. The average molecular weight is 342 g/mol. The topological polar surface area (TPSA) is 113 Å². The van der Waals surface area contributed by atoms with Crippen LogP contribution in [0, 0.1) is 5.92 Å². The second-order valence-electron chi connectivity index (χ2n) is 6.23. The van der Waals surface area contributed by atoms with Crippen LogP contribution < -0.4 is 11.1 Å². The van der Waals surface area contributed by atoms with Gasteiger partial charge in [-0.2, -0.15) is 0 Å². The standard InChI is InChI=1S/C16H27N2O4P/c1-12(2)10-14(16(19)20)18-11-23(21,22)15(17)9-8-13-6-4-3-5-7-13/h3-7,12,14-15,18H,8-11,17H2,1-2H3,(H,19,20)(H,21,22)/t14-,15?/m0/s1. The molecule has 0 aromatic heterocycles. The van der Waals surface area contributed by atoms with Gasteiger partial charge in [0.15, 0.2) is 0 Å². The Morgan fingerprint density at radius 2 is 1.91 bits per heavy atom. The third-order valence-corrected chi connectivity index (χ3v) is 5.59. The summed E-state index contributed by atoms with van der Waals surface area (Å²) in [5, 5.41) is 11.8. The van der Waals surface area contributed by atoms with Gasteiger partial charge in [-0.3, -0.25) is 14.7 Å². The number of hydrogen-bond acceptors (Lipinski definition) is 4. The molecule has 5 N–H and O–H groups in total. The first kappa shape index (κ1) is 19.8. The molecule has 0 aliphatic heterocycles. The van der Waals surface area contributed by atoms with E-state index in [2.05, 4.69) is 5.32 Å². The predicted octanol–water partition coefficient (Wildman–Crippen LogP) is 2.22. The minimum absolute atomic E-state index is 0.174. The Kier molecular flexibility index (Phi) is 7.92. The molecule has 1 aromatic rings. The van der Waals surface area contributed by atoms with E-state index in [1.54, 1.807) is 0 Å². The van der Waals surface area contributed by atoms with Crippen molar-refractivity contribution in [3.8, 4) is 0 Å². The minimum Gasteiger partial charge on any atom is -0.480 e. The number of aryl methyl sites for hydroxylation is 1. The summed E-state index contributed by atoms with van der Waals surface area (Å²) < 4.78 is 12.3. The van der Waals surface area contributed by atoms with Gasteiger partial charge in [0.25, 0.3) is 0 Å². The van der Waals surface area contributed by atoms with E-state index in [4.69, 9.17) is 10.8 Å². The molecule has 7 heteroatoms. The van der Waals surface area contributed by atoms with Gasteiger partial charge in [-0.25, -0.2) is 0 Å². The predicted molar refractivity (Wildman–Crippen MR) is 91.4 cm³/mol. The Morgan fingerprint density at radius 3 is 2.43 bits per heavy atom. The molecule has 0 saturated carbocycles. The van der Waals surface area contributed by atoms with Crippen LogP contribution in [0.5, 0.6) is 0 Å². The Morgan fingerprint density at radius 1 is 1.30 bits per heavy atom. The van der Waals surface area contributed by atoms with E-state index in [0.29, 0.717) is 19.3 Å². The molecule has 1 rings (SSSR count). The van der Waals surface area contributed by atoms with Crippen molar-refractivity contribution in [1.82, 2.24) is 5.32 Å². The van der Waals surface area contributed by atoms with E-state index < -0.39 is 25.2 Å². The van der Waals surface area contributed by atoms with Gasteiger partial charge >= 0.3 is 5.97 Å². The maximum atomic E-state index is 12.3. The molecule has 2 unspecified atom stereocenters. The highest BCUT2D eigenvalue weighted by atomic mass is 31.2. The van der Waals surface area contributed by atoms with Crippen LogP contribution in [0.25, 0.3) is 0 Å². The first-order valence-corrected chi connectivity index (χ1v) is 9.71. The average Bonchev–Trinajstić information content (AvgIpc) is 2.49. The van der Waals surface area contributed by atoms with Crippen molar-refractivity contribution < 1.29 is 19.4 Å². The summed E-state index contributed by atoms with van der Waals surface area (Å²) in [6.07, 6.45) is 1.10. The normalized spacial score (nSPS) is 16.7. The second-order valence-corrected chi connectivity index (χ2v) is 8.72. The number of carboxylic acid groups (broad SMARTS) is 1. The molecule has 0 bridgehead atoms. The Balaban J connectivity index is 2.52. The number of nitrogens with two attached hydrogens (primary N) is 1. The fraction of sp³-hybridized carbons (Fsp3) is 0.562. The van der Waals surface area contributed by atoms with Crippen molar-refractivity contribution in [2.24, 2.45) is 11.7 Å². The minimum atomic E-state index is -3.65. The molecule has 23 heavy (non-hydrogen) atoms. The molecule has 1 aromatic carbocycles. The van der Waals surface area contributed by atoms with Gasteiger partial charge < -0.3 is 15.7 Å². The van der Waals surface area contributed by atoms with E-state index in [1.807, 2.05) is 44.2 Å². The fourth-order valence-electron chi connectivity index (χ4n) is 2.26. The molecule has 130 valence electrons. The molecular formula is C16H27N2O4P.